The summed E-state index contributed by atoms with van der Waals surface area (Å²) in [5.74, 6) is -0.590. The Morgan fingerprint density at radius 2 is 2.25 bits per heavy atom. The second kappa shape index (κ2) is 4.70. The van der Waals surface area contributed by atoms with Gasteiger partial charge in [0, 0.05) is 17.8 Å². The van der Waals surface area contributed by atoms with E-state index in [0.29, 0.717) is 5.92 Å². The average Bonchev–Trinajstić information content (AvgIpc) is 2.91. The Morgan fingerprint density at radius 1 is 1.50 bits per heavy atom. The van der Waals surface area contributed by atoms with Crippen molar-refractivity contribution >= 4 is 22.4 Å². The standard InChI is InChI=1S/C12H14F3N3OS/c13-12(14,15)11(3-4-16-6-11)9(19)18-10-17-8(5-20-10)7-1-2-7/h5,7,16H,1-4,6H2,(H,17,18,19). The first-order chi connectivity index (χ1) is 9.42. The van der Waals surface area contributed by atoms with E-state index in [0.717, 1.165) is 18.5 Å². The molecule has 0 radical (unpaired) electrons. The summed E-state index contributed by atoms with van der Waals surface area (Å²) in [5.41, 5.74) is -1.46. The van der Waals surface area contributed by atoms with Gasteiger partial charge in [0.2, 0.25) is 5.91 Å². The number of nitrogens with one attached hydrogen (secondary N) is 2. The Hall–Kier alpha value is -1.15. The van der Waals surface area contributed by atoms with E-state index in [1.165, 1.54) is 11.3 Å². The quantitative estimate of drug-likeness (QED) is 0.902. The van der Waals surface area contributed by atoms with Crippen LogP contribution in [0.3, 0.4) is 0 Å². The Bertz CT molecular complexity index is 518. The van der Waals surface area contributed by atoms with Crippen molar-refractivity contribution in [2.75, 3.05) is 18.4 Å². The molecule has 8 heteroatoms. The molecule has 1 aliphatic heterocycles. The van der Waals surface area contributed by atoms with Gasteiger partial charge in [0.25, 0.3) is 0 Å². The van der Waals surface area contributed by atoms with Crippen molar-refractivity contribution in [3.05, 3.63) is 11.1 Å². The van der Waals surface area contributed by atoms with E-state index >= 15 is 0 Å². The monoisotopic (exact) mass is 305 g/mol. The number of amides is 1. The number of alkyl halides is 3. The highest BCUT2D eigenvalue weighted by atomic mass is 32.1. The summed E-state index contributed by atoms with van der Waals surface area (Å²) in [6.07, 6.45) is -2.67. The van der Waals surface area contributed by atoms with Crippen molar-refractivity contribution in [2.45, 2.75) is 31.4 Å². The van der Waals surface area contributed by atoms with E-state index in [9.17, 15) is 18.0 Å². The molecule has 0 aromatic carbocycles. The van der Waals surface area contributed by atoms with Crippen LogP contribution in [-0.2, 0) is 4.79 Å². The number of aromatic nitrogens is 1. The second-order valence-corrected chi connectivity index (χ2v) is 6.17. The van der Waals surface area contributed by atoms with Gasteiger partial charge in [0.15, 0.2) is 10.5 Å². The first kappa shape index (κ1) is 13.8. The molecule has 2 aliphatic rings. The van der Waals surface area contributed by atoms with Crippen LogP contribution in [0.5, 0.6) is 0 Å². The molecule has 110 valence electrons. The molecule has 20 heavy (non-hydrogen) atoms. The van der Waals surface area contributed by atoms with Crippen LogP contribution in [-0.4, -0.2) is 30.2 Å². The Kier molecular flexibility index (Phi) is 3.24. The molecule has 2 heterocycles. The van der Waals surface area contributed by atoms with Gasteiger partial charge in [-0.25, -0.2) is 4.98 Å². The molecular formula is C12H14F3N3OS. The summed E-state index contributed by atoms with van der Waals surface area (Å²) < 4.78 is 39.6. The molecule has 1 aromatic rings. The third kappa shape index (κ3) is 2.31. The highest BCUT2D eigenvalue weighted by Gasteiger charge is 2.61. The van der Waals surface area contributed by atoms with E-state index in [1.807, 2.05) is 0 Å². The van der Waals surface area contributed by atoms with Crippen molar-refractivity contribution < 1.29 is 18.0 Å². The van der Waals surface area contributed by atoms with Crippen molar-refractivity contribution in [2.24, 2.45) is 5.41 Å². The maximum Gasteiger partial charge on any atom is 0.404 e. The largest absolute Gasteiger partial charge is 0.404 e. The third-order valence-electron chi connectivity index (χ3n) is 3.87. The lowest BCUT2D eigenvalue weighted by atomic mass is 9.85. The summed E-state index contributed by atoms with van der Waals surface area (Å²) in [7, 11) is 0. The number of thiazole rings is 1. The summed E-state index contributed by atoms with van der Waals surface area (Å²) in [4.78, 5) is 16.3. The summed E-state index contributed by atoms with van der Waals surface area (Å²) >= 11 is 1.18. The highest BCUT2D eigenvalue weighted by molar-refractivity contribution is 7.13. The molecular weight excluding hydrogens is 291 g/mol. The zero-order valence-corrected chi connectivity index (χ0v) is 11.4. The van der Waals surface area contributed by atoms with Gasteiger partial charge in [-0.2, -0.15) is 13.2 Å². The van der Waals surface area contributed by atoms with Crippen LogP contribution in [0.2, 0.25) is 0 Å². The molecule has 4 nitrogen and oxygen atoms in total. The van der Waals surface area contributed by atoms with Gasteiger partial charge in [-0.1, -0.05) is 0 Å². The van der Waals surface area contributed by atoms with Crippen molar-refractivity contribution in [3.63, 3.8) is 0 Å². The number of rotatable bonds is 3. The van der Waals surface area contributed by atoms with Crippen LogP contribution < -0.4 is 10.6 Å². The first-order valence-corrected chi connectivity index (χ1v) is 7.35. The van der Waals surface area contributed by atoms with E-state index in [1.54, 1.807) is 5.38 Å². The molecule has 2 N–H and O–H groups in total. The van der Waals surface area contributed by atoms with Crippen LogP contribution in [0, 0.1) is 5.41 Å². The number of anilines is 1. The predicted octanol–water partition coefficient (Wildman–Crippen LogP) is 2.50. The lowest BCUT2D eigenvalue weighted by molar-refractivity contribution is -0.213. The number of carbonyl (C=O) groups excluding carboxylic acids is 1. The Balaban J connectivity index is 1.76. The van der Waals surface area contributed by atoms with E-state index in [4.69, 9.17) is 0 Å². The van der Waals surface area contributed by atoms with Crippen LogP contribution in [0.25, 0.3) is 0 Å². The molecule has 2 fully saturated rings. The molecule has 0 bridgehead atoms. The Labute approximate surface area is 117 Å². The molecule has 3 rings (SSSR count). The molecule has 0 spiro atoms. The van der Waals surface area contributed by atoms with Gasteiger partial charge in [-0.15, -0.1) is 11.3 Å². The van der Waals surface area contributed by atoms with Gasteiger partial charge in [0.05, 0.1) is 5.69 Å². The normalized spacial score (nSPS) is 26.8. The smallest absolute Gasteiger partial charge is 0.315 e. The van der Waals surface area contributed by atoms with Crippen LogP contribution in [0.1, 0.15) is 30.9 Å². The van der Waals surface area contributed by atoms with E-state index < -0.39 is 17.5 Å². The fourth-order valence-electron chi connectivity index (χ4n) is 2.38. The van der Waals surface area contributed by atoms with Crippen molar-refractivity contribution in [3.8, 4) is 0 Å². The minimum Gasteiger partial charge on any atom is -0.315 e. The summed E-state index contributed by atoms with van der Waals surface area (Å²) in [5, 5.41) is 7.03. The molecule has 1 atom stereocenters. The maximum absolute atomic E-state index is 13.2. The van der Waals surface area contributed by atoms with Crippen molar-refractivity contribution in [1.82, 2.24) is 10.3 Å². The molecule has 1 aliphatic carbocycles. The summed E-state index contributed by atoms with van der Waals surface area (Å²) in [6, 6.07) is 0. The number of halogens is 3. The maximum atomic E-state index is 13.2. The van der Waals surface area contributed by atoms with Crippen LogP contribution in [0.15, 0.2) is 5.38 Å². The lowest BCUT2D eigenvalue weighted by Crippen LogP contribution is -2.49. The molecule has 1 unspecified atom stereocenters. The number of hydrogen-bond donors (Lipinski definition) is 2. The second-order valence-electron chi connectivity index (χ2n) is 5.31. The van der Waals surface area contributed by atoms with E-state index in [-0.39, 0.29) is 24.6 Å². The number of nitrogens with zero attached hydrogens (tertiary/aromatic N) is 1. The Morgan fingerprint density at radius 3 is 2.80 bits per heavy atom. The van der Waals surface area contributed by atoms with Crippen LogP contribution >= 0.6 is 11.3 Å². The minimum atomic E-state index is -4.56. The van der Waals surface area contributed by atoms with Crippen molar-refractivity contribution in [1.29, 1.82) is 0 Å². The van der Waals surface area contributed by atoms with Gasteiger partial charge < -0.3 is 10.6 Å². The predicted molar refractivity (Wildman–Crippen MR) is 68.7 cm³/mol. The fourth-order valence-corrected chi connectivity index (χ4v) is 3.17. The average molecular weight is 305 g/mol. The van der Waals surface area contributed by atoms with E-state index in [2.05, 4.69) is 15.6 Å². The SMILES string of the molecule is O=C(Nc1nc(C2CC2)cs1)C1(C(F)(F)F)CCNC1. The third-order valence-corrected chi connectivity index (χ3v) is 4.65. The zero-order chi connectivity index (χ0) is 14.4. The van der Waals surface area contributed by atoms with Gasteiger partial charge >= 0.3 is 6.18 Å². The number of hydrogen-bond acceptors (Lipinski definition) is 4. The molecule has 1 amide bonds. The summed E-state index contributed by atoms with van der Waals surface area (Å²) in [6.45, 7) is -0.179. The molecule has 1 saturated heterocycles. The fraction of sp³-hybridized carbons (Fsp3) is 0.667. The minimum absolute atomic E-state index is 0.193. The number of carbonyl (C=O) groups is 1. The van der Waals surface area contributed by atoms with Gasteiger partial charge in [-0.3, -0.25) is 4.79 Å². The molecule has 1 aromatic heterocycles. The lowest BCUT2D eigenvalue weighted by Gasteiger charge is -2.28. The highest BCUT2D eigenvalue weighted by Crippen LogP contribution is 2.44. The van der Waals surface area contributed by atoms with Gasteiger partial charge in [-0.05, 0) is 25.8 Å². The zero-order valence-electron chi connectivity index (χ0n) is 10.6. The first-order valence-electron chi connectivity index (χ1n) is 6.47. The van der Waals surface area contributed by atoms with Crippen LogP contribution in [0.4, 0.5) is 18.3 Å². The molecule has 1 saturated carbocycles. The topological polar surface area (TPSA) is 54.0 Å². The van der Waals surface area contributed by atoms with Gasteiger partial charge in [0.1, 0.15) is 0 Å².